The van der Waals surface area contributed by atoms with Gasteiger partial charge < -0.3 is 4.42 Å². The molecule has 6 heteroatoms. The summed E-state index contributed by atoms with van der Waals surface area (Å²) < 4.78 is 18.8. The van der Waals surface area contributed by atoms with E-state index < -0.39 is 0 Å². The first-order chi connectivity index (χ1) is 9.58. The van der Waals surface area contributed by atoms with E-state index in [2.05, 4.69) is 9.97 Å². The Kier molecular flexibility index (Phi) is 2.99. The van der Waals surface area contributed by atoms with Crippen LogP contribution in [0.2, 0.25) is 5.15 Å². The Morgan fingerprint density at radius 3 is 2.85 bits per heavy atom. The maximum Gasteiger partial charge on any atom is 0.155 e. The van der Waals surface area contributed by atoms with Crippen molar-refractivity contribution in [1.82, 2.24) is 9.97 Å². The van der Waals surface area contributed by atoms with Gasteiger partial charge in [0.2, 0.25) is 0 Å². The number of fused-ring (bicyclic) bond motifs is 1. The third kappa shape index (κ3) is 2.06. The predicted octanol–water partition coefficient (Wildman–Crippen LogP) is 3.80. The fourth-order valence-corrected chi connectivity index (χ4v) is 2.23. The maximum atomic E-state index is 13.2. The molecule has 0 fully saturated rings. The maximum absolute atomic E-state index is 13.2. The van der Waals surface area contributed by atoms with Crippen molar-refractivity contribution in [1.29, 1.82) is 0 Å². The van der Waals surface area contributed by atoms with Crippen molar-refractivity contribution in [3.05, 3.63) is 46.6 Å². The van der Waals surface area contributed by atoms with Gasteiger partial charge in [-0.2, -0.15) is 0 Å². The van der Waals surface area contributed by atoms with Crippen molar-refractivity contribution < 1.29 is 13.6 Å². The highest BCUT2D eigenvalue weighted by Crippen LogP contribution is 2.30. The zero-order chi connectivity index (χ0) is 14.3. The second-order valence-corrected chi connectivity index (χ2v) is 4.59. The van der Waals surface area contributed by atoms with Gasteiger partial charge in [0.05, 0.1) is 5.56 Å². The van der Waals surface area contributed by atoms with Crippen molar-refractivity contribution in [2.45, 2.75) is 6.92 Å². The smallest absolute Gasteiger partial charge is 0.155 e. The number of furan rings is 1. The summed E-state index contributed by atoms with van der Waals surface area (Å²) in [5.41, 5.74) is 0.955. The van der Waals surface area contributed by atoms with E-state index in [1.807, 2.05) is 0 Å². The zero-order valence-electron chi connectivity index (χ0n) is 10.4. The molecule has 0 atom stereocenters. The molecule has 4 nitrogen and oxygen atoms in total. The lowest BCUT2D eigenvalue weighted by molar-refractivity contribution is 0.112. The van der Waals surface area contributed by atoms with Gasteiger partial charge in [0.15, 0.2) is 12.0 Å². The zero-order valence-corrected chi connectivity index (χ0v) is 11.1. The molecular weight excluding hydrogens is 283 g/mol. The average molecular weight is 291 g/mol. The highest BCUT2D eigenvalue weighted by Gasteiger charge is 2.16. The molecule has 0 N–H and O–H groups in total. The number of halogens is 2. The second kappa shape index (κ2) is 4.68. The van der Waals surface area contributed by atoms with Crippen molar-refractivity contribution in [2.75, 3.05) is 0 Å². The largest absolute Gasteiger partial charge is 0.454 e. The number of aryl methyl sites for hydroxylation is 1. The highest BCUT2D eigenvalue weighted by molar-refractivity contribution is 6.32. The molecule has 3 aromatic rings. The summed E-state index contributed by atoms with van der Waals surface area (Å²) in [7, 11) is 0. The van der Waals surface area contributed by atoms with E-state index in [1.165, 1.54) is 18.2 Å². The molecule has 20 heavy (non-hydrogen) atoms. The first kappa shape index (κ1) is 12.7. The first-order valence-electron chi connectivity index (χ1n) is 5.77. The van der Waals surface area contributed by atoms with Gasteiger partial charge in [-0.25, -0.2) is 14.4 Å². The van der Waals surface area contributed by atoms with E-state index in [-0.39, 0.29) is 16.5 Å². The summed E-state index contributed by atoms with van der Waals surface area (Å²) in [6, 6.07) is 5.78. The molecule has 0 radical (unpaired) electrons. The quantitative estimate of drug-likeness (QED) is 0.532. The average Bonchev–Trinajstić information content (AvgIpc) is 2.80. The minimum Gasteiger partial charge on any atom is -0.454 e. The number of hydrogen-bond acceptors (Lipinski definition) is 4. The number of aldehydes is 1. The van der Waals surface area contributed by atoms with Crippen LogP contribution in [0.1, 0.15) is 16.2 Å². The predicted molar refractivity (Wildman–Crippen MR) is 72.3 cm³/mol. The van der Waals surface area contributed by atoms with Crippen molar-refractivity contribution >= 4 is 28.9 Å². The molecule has 0 amide bonds. The van der Waals surface area contributed by atoms with Crippen molar-refractivity contribution in [2.24, 2.45) is 0 Å². The fourth-order valence-electron chi connectivity index (χ4n) is 1.97. The Morgan fingerprint density at radius 1 is 1.30 bits per heavy atom. The Morgan fingerprint density at radius 2 is 2.10 bits per heavy atom. The summed E-state index contributed by atoms with van der Waals surface area (Å²) >= 11 is 5.92. The molecule has 100 valence electrons. The van der Waals surface area contributed by atoms with Crippen LogP contribution in [0.25, 0.3) is 22.4 Å². The molecule has 2 aromatic heterocycles. The molecule has 3 rings (SSSR count). The van der Waals surface area contributed by atoms with Crippen LogP contribution < -0.4 is 0 Å². The third-order valence-corrected chi connectivity index (χ3v) is 3.13. The third-order valence-electron chi connectivity index (χ3n) is 2.84. The summed E-state index contributed by atoms with van der Waals surface area (Å²) in [5, 5.41) is 0.651. The molecule has 0 spiro atoms. The molecule has 2 heterocycles. The molecule has 0 aliphatic carbocycles. The molecule has 0 unspecified atom stereocenters. The van der Waals surface area contributed by atoms with E-state index in [0.717, 1.165) is 0 Å². The standard InChI is InChI=1S/C14H8ClFN2O2/c1-7-17-13(10(6-19)14(15)18-7)12-5-8-4-9(16)2-3-11(8)20-12/h2-6H,1H3. The lowest BCUT2D eigenvalue weighted by atomic mass is 10.2. The summed E-state index contributed by atoms with van der Waals surface area (Å²) in [4.78, 5) is 19.2. The second-order valence-electron chi connectivity index (χ2n) is 4.23. The van der Waals surface area contributed by atoms with Crippen LogP contribution in [0.3, 0.4) is 0 Å². The summed E-state index contributed by atoms with van der Waals surface area (Å²) in [5.74, 6) is 0.402. The Hall–Kier alpha value is -2.27. The fraction of sp³-hybridized carbons (Fsp3) is 0.0714. The van der Waals surface area contributed by atoms with Gasteiger partial charge in [-0.3, -0.25) is 4.79 Å². The van der Waals surface area contributed by atoms with Crippen LogP contribution in [0.4, 0.5) is 4.39 Å². The first-order valence-corrected chi connectivity index (χ1v) is 6.15. The van der Waals surface area contributed by atoms with Gasteiger partial charge >= 0.3 is 0 Å². The molecular formula is C14H8ClFN2O2. The van der Waals surface area contributed by atoms with E-state index in [9.17, 15) is 9.18 Å². The van der Waals surface area contributed by atoms with Gasteiger partial charge in [0.1, 0.15) is 28.1 Å². The van der Waals surface area contributed by atoms with Crippen LogP contribution in [-0.2, 0) is 0 Å². The summed E-state index contributed by atoms with van der Waals surface area (Å²) in [6.45, 7) is 1.66. The van der Waals surface area contributed by atoms with Crippen LogP contribution in [0.5, 0.6) is 0 Å². The Balaban J connectivity index is 2.27. The highest BCUT2D eigenvalue weighted by atomic mass is 35.5. The van der Waals surface area contributed by atoms with Crippen molar-refractivity contribution in [3.8, 4) is 11.5 Å². The number of benzene rings is 1. The van der Waals surface area contributed by atoms with Crippen LogP contribution in [0.15, 0.2) is 28.7 Å². The number of carbonyl (C=O) groups excluding carboxylic acids is 1. The minimum absolute atomic E-state index is 0.0640. The molecule has 0 aliphatic rings. The number of hydrogen-bond donors (Lipinski definition) is 0. The van der Waals surface area contributed by atoms with E-state index in [0.29, 0.717) is 34.5 Å². The van der Waals surface area contributed by atoms with Gasteiger partial charge in [0.25, 0.3) is 0 Å². The number of nitrogens with zero attached hydrogens (tertiary/aromatic N) is 2. The monoisotopic (exact) mass is 290 g/mol. The number of rotatable bonds is 2. The van der Waals surface area contributed by atoms with E-state index >= 15 is 0 Å². The van der Waals surface area contributed by atoms with Gasteiger partial charge in [0, 0.05) is 5.39 Å². The molecule has 0 aliphatic heterocycles. The van der Waals surface area contributed by atoms with Gasteiger partial charge in [-0.1, -0.05) is 11.6 Å². The topological polar surface area (TPSA) is 56.0 Å². The van der Waals surface area contributed by atoms with E-state index in [1.54, 1.807) is 13.0 Å². The Labute approximate surface area is 118 Å². The molecule has 0 bridgehead atoms. The summed E-state index contributed by atoms with van der Waals surface area (Å²) in [6.07, 6.45) is 0.574. The van der Waals surface area contributed by atoms with Crippen molar-refractivity contribution in [3.63, 3.8) is 0 Å². The Bertz CT molecular complexity index is 829. The molecule has 0 saturated carbocycles. The minimum atomic E-state index is -0.364. The van der Waals surface area contributed by atoms with Crippen LogP contribution in [0, 0.1) is 12.7 Å². The molecule has 0 saturated heterocycles. The van der Waals surface area contributed by atoms with Gasteiger partial charge in [-0.15, -0.1) is 0 Å². The lowest BCUT2D eigenvalue weighted by Gasteiger charge is -2.03. The van der Waals surface area contributed by atoms with Crippen LogP contribution >= 0.6 is 11.6 Å². The van der Waals surface area contributed by atoms with E-state index in [4.69, 9.17) is 16.0 Å². The lowest BCUT2D eigenvalue weighted by Crippen LogP contribution is -1.98. The SMILES string of the molecule is Cc1nc(Cl)c(C=O)c(-c2cc3cc(F)ccc3o2)n1. The number of aromatic nitrogens is 2. The van der Waals surface area contributed by atoms with Gasteiger partial charge in [-0.05, 0) is 31.2 Å². The molecule has 1 aromatic carbocycles. The normalized spacial score (nSPS) is 10.9. The van der Waals surface area contributed by atoms with Crippen LogP contribution in [-0.4, -0.2) is 16.3 Å². The number of carbonyl (C=O) groups is 1.